The molecule has 330 valence electrons. The van der Waals surface area contributed by atoms with Gasteiger partial charge in [-0.05, 0) is 163 Å². The predicted octanol–water partition coefficient (Wildman–Crippen LogP) is 11.8. The summed E-state index contributed by atoms with van der Waals surface area (Å²) in [5.74, 6) is 0. The zero-order chi connectivity index (χ0) is 46.5. The molecular weight excluding hydrogens is 820 g/mol. The Morgan fingerprint density at radius 1 is 0.391 bits per heavy atom. The van der Waals surface area contributed by atoms with Crippen LogP contribution < -0.4 is 5.46 Å². The third-order valence-corrected chi connectivity index (χ3v) is 14.1. The van der Waals surface area contributed by atoms with Crippen LogP contribution in [0.5, 0.6) is 0 Å². The number of carbonyl (C=O) groups is 2. The van der Waals surface area contributed by atoms with Gasteiger partial charge in [-0.2, -0.15) is 0 Å². The van der Waals surface area contributed by atoms with Crippen LogP contribution in [0.4, 0.5) is 0 Å². The monoisotopic (exact) mass is 878 g/mol. The zero-order valence-electron chi connectivity index (χ0n) is 39.1. The van der Waals surface area contributed by atoms with E-state index in [0.29, 0.717) is 16.1 Å². The number of carbonyl (C=O) groups excluding carboxylic acids is 2. The van der Waals surface area contributed by atoms with Crippen molar-refractivity contribution in [1.29, 1.82) is 0 Å². The van der Waals surface area contributed by atoms with Crippen LogP contribution in [-0.4, -0.2) is 67.3 Å². The van der Waals surface area contributed by atoms with Crippen molar-refractivity contribution in [1.82, 2.24) is 0 Å². The Labute approximate surface area is 384 Å². The Morgan fingerprint density at radius 2 is 0.719 bits per heavy atom. The van der Waals surface area contributed by atoms with Crippen LogP contribution in [0.2, 0.25) is 5.02 Å². The van der Waals surface area contributed by atoms with Crippen LogP contribution in [-0.2, 0) is 27.9 Å². The van der Waals surface area contributed by atoms with E-state index < -0.39 is 32.3 Å². The van der Waals surface area contributed by atoms with E-state index in [4.69, 9.17) is 39.5 Å². The molecule has 0 atom stereocenters. The third-order valence-electron chi connectivity index (χ3n) is 13.8. The summed E-state index contributed by atoms with van der Waals surface area (Å²) >= 11 is 5.95. The van der Waals surface area contributed by atoms with Crippen LogP contribution in [0.3, 0.4) is 0 Å². The molecule has 0 bridgehead atoms. The Kier molecular flexibility index (Phi) is 13.1. The summed E-state index contributed by atoms with van der Waals surface area (Å²) in [4.78, 5) is 22.7. The lowest BCUT2D eigenvalue weighted by Gasteiger charge is -2.32. The molecule has 0 aromatic heterocycles. The largest absolute Gasteiger partial charge is 0.495 e. The molecule has 0 aliphatic carbocycles. The van der Waals surface area contributed by atoms with E-state index in [2.05, 4.69) is 60.7 Å². The molecule has 64 heavy (non-hydrogen) atoms. The van der Waals surface area contributed by atoms with Gasteiger partial charge in [-0.15, -0.1) is 0 Å². The van der Waals surface area contributed by atoms with Gasteiger partial charge in [-0.25, -0.2) is 0 Å². The van der Waals surface area contributed by atoms with E-state index >= 15 is 0 Å². The summed E-state index contributed by atoms with van der Waals surface area (Å²) in [6.07, 6.45) is 1.66. The molecule has 0 spiro atoms. The number of halogens is 1. The smallest absolute Gasteiger partial charge is 0.405 e. The van der Waals surface area contributed by atoms with Crippen molar-refractivity contribution in [2.24, 2.45) is 0 Å². The minimum Gasteiger partial charge on any atom is -0.405 e. The summed E-state index contributed by atoms with van der Waals surface area (Å²) in [5, 5.41) is 5.25. The van der Waals surface area contributed by atoms with Crippen LogP contribution in [0.15, 0.2) is 121 Å². The summed E-state index contributed by atoms with van der Waals surface area (Å²) in [7, 11) is -1.49. The van der Waals surface area contributed by atoms with E-state index in [1.165, 1.54) is 21.5 Å². The molecule has 0 unspecified atom stereocenters. The van der Waals surface area contributed by atoms with Gasteiger partial charge in [-0.3, -0.25) is 9.59 Å². The number of rotatable bonds is 6. The second kappa shape index (κ2) is 17.7. The van der Waals surface area contributed by atoms with Gasteiger partial charge in [0, 0.05) is 11.1 Å². The van der Waals surface area contributed by atoms with Crippen LogP contribution in [0.1, 0.15) is 104 Å². The van der Waals surface area contributed by atoms with Gasteiger partial charge in [0.1, 0.15) is 6.29 Å². The maximum absolute atomic E-state index is 11.8. The van der Waals surface area contributed by atoms with Crippen molar-refractivity contribution in [3.05, 3.63) is 137 Å². The van der Waals surface area contributed by atoms with E-state index in [1.807, 2.05) is 138 Å². The molecule has 0 radical (unpaired) electrons. The number of aldehydes is 2. The maximum Gasteiger partial charge on any atom is 0.495 e. The summed E-state index contributed by atoms with van der Waals surface area (Å²) in [6, 6.07) is 40.4. The van der Waals surface area contributed by atoms with Gasteiger partial charge in [0.05, 0.1) is 38.6 Å². The minimum absolute atomic E-state index is 0.360. The lowest BCUT2D eigenvalue weighted by molar-refractivity contribution is 0.00578. The van der Waals surface area contributed by atoms with E-state index in [0.717, 1.165) is 40.3 Å². The fourth-order valence-corrected chi connectivity index (χ4v) is 7.75. The highest BCUT2D eigenvalue weighted by molar-refractivity contribution is 7.11. The topological polar surface area (TPSA) is 89.5 Å². The summed E-state index contributed by atoms with van der Waals surface area (Å²) in [5.41, 5.74) is 3.74. The van der Waals surface area contributed by atoms with Crippen LogP contribution in [0.25, 0.3) is 43.8 Å². The van der Waals surface area contributed by atoms with Crippen molar-refractivity contribution in [3.8, 4) is 22.3 Å². The van der Waals surface area contributed by atoms with Crippen LogP contribution >= 0.6 is 11.6 Å². The van der Waals surface area contributed by atoms with Gasteiger partial charge < -0.3 is 27.9 Å². The average Bonchev–Trinajstić information content (AvgIpc) is 3.72. The molecular formula is C52H58B3ClO8. The van der Waals surface area contributed by atoms with Gasteiger partial charge in [-0.1, -0.05) is 103 Å². The van der Waals surface area contributed by atoms with Gasteiger partial charge in [0.15, 0.2) is 6.29 Å². The molecule has 3 aliphatic heterocycles. The first-order valence-electron chi connectivity index (χ1n) is 21.9. The maximum atomic E-state index is 11.8. The van der Waals surface area contributed by atoms with Crippen molar-refractivity contribution in [2.75, 3.05) is 0 Å². The fraction of sp³-hybridized carbons (Fsp3) is 0.346. The van der Waals surface area contributed by atoms with Gasteiger partial charge in [0.2, 0.25) is 0 Å². The number of hydrogen-bond acceptors (Lipinski definition) is 8. The molecule has 0 saturated carbocycles. The summed E-state index contributed by atoms with van der Waals surface area (Å²) in [6.45, 7) is 24.3. The second-order valence-corrected chi connectivity index (χ2v) is 20.2. The lowest BCUT2D eigenvalue weighted by Crippen LogP contribution is -2.41. The Hall–Kier alpha value is -4.58. The standard InChI is InChI=1S/C23H23BO3.C17H11ClO.C12H24B2O4/c1-22(2)23(3,4)27-24(26-22)21-12-11-19(14-20(21)15-25)18-10-9-16-7-5-6-8-17(16)13-18;18-17-8-7-15(10-16(17)11-19)14-6-5-12-3-1-2-4-13(12)9-14;1-9(2)10(3,4)16-13(15-9)14-17-11(5,6)12(7,8)18-14/h5-15H,1-4H3;1-11H;1-8H3. The normalized spacial score (nSPS) is 19.7. The van der Waals surface area contributed by atoms with Crippen molar-refractivity contribution < 1.29 is 37.5 Å². The van der Waals surface area contributed by atoms with Gasteiger partial charge in [0.25, 0.3) is 0 Å². The van der Waals surface area contributed by atoms with Crippen molar-refractivity contribution >= 4 is 72.3 Å². The number of benzene rings is 6. The zero-order valence-corrected chi connectivity index (χ0v) is 39.8. The number of hydrogen-bond donors (Lipinski definition) is 0. The molecule has 0 amide bonds. The Bertz CT molecular complexity index is 2610. The minimum atomic E-state index is -0.541. The molecule has 6 aromatic carbocycles. The molecule has 12 heteroatoms. The molecule has 6 aromatic rings. The highest BCUT2D eigenvalue weighted by atomic mass is 35.5. The molecule has 3 heterocycles. The quantitative estimate of drug-likeness (QED) is 0.121. The SMILES string of the molecule is CC1(C)OB(B2OC(C)(C)C(C)(C)O2)OC1(C)C.CC1(C)OB(c2ccc(-c3ccc4ccccc4c3)cc2C=O)OC1(C)C.O=Cc1cc(-c2ccc3ccccc3c2)ccc1Cl. The van der Waals surface area contributed by atoms with Crippen LogP contribution in [0, 0.1) is 0 Å². The first-order valence-corrected chi connectivity index (χ1v) is 22.2. The van der Waals surface area contributed by atoms with Crippen molar-refractivity contribution in [2.45, 2.75) is 117 Å². The van der Waals surface area contributed by atoms with E-state index in [9.17, 15) is 9.59 Å². The van der Waals surface area contributed by atoms with Gasteiger partial charge >= 0.3 is 21.1 Å². The summed E-state index contributed by atoms with van der Waals surface area (Å²) < 4.78 is 36.1. The Morgan fingerprint density at radius 3 is 1.12 bits per heavy atom. The van der Waals surface area contributed by atoms with E-state index in [-0.39, 0.29) is 22.4 Å². The first-order chi connectivity index (χ1) is 30.0. The molecule has 3 fully saturated rings. The second-order valence-electron chi connectivity index (χ2n) is 19.8. The number of fused-ring (bicyclic) bond motifs is 2. The Balaban J connectivity index is 0.000000148. The first kappa shape index (κ1) is 47.4. The predicted molar refractivity (Wildman–Crippen MR) is 262 cm³/mol. The average molecular weight is 879 g/mol. The highest BCUT2D eigenvalue weighted by Crippen LogP contribution is 2.43. The molecule has 3 aliphatic rings. The molecule has 9 rings (SSSR count). The highest BCUT2D eigenvalue weighted by Gasteiger charge is 2.63. The third kappa shape index (κ3) is 9.54. The lowest BCUT2D eigenvalue weighted by atomic mass is 9.49. The molecule has 3 saturated heterocycles. The van der Waals surface area contributed by atoms with E-state index in [1.54, 1.807) is 6.07 Å². The fourth-order valence-electron chi connectivity index (χ4n) is 7.59. The molecule has 0 N–H and O–H groups in total. The molecule has 8 nitrogen and oxygen atoms in total. The van der Waals surface area contributed by atoms with Crippen molar-refractivity contribution in [3.63, 3.8) is 0 Å².